The minimum absolute atomic E-state index is 0.0216. The largest absolute Gasteiger partial charge is 0.353 e. The SMILES string of the molecule is CC(C)Sc1ccc(C(=O)N2CCN(c3ccc([N+](=O)[O-])cn3)CC2)cc1. The fraction of sp³-hybridized carbons (Fsp3) is 0.368. The predicted molar refractivity (Wildman–Crippen MR) is 106 cm³/mol. The molecule has 142 valence electrons. The number of pyridine rings is 1. The van der Waals surface area contributed by atoms with Gasteiger partial charge in [-0.05, 0) is 30.3 Å². The number of rotatable bonds is 5. The van der Waals surface area contributed by atoms with Crippen molar-refractivity contribution in [3.8, 4) is 0 Å². The van der Waals surface area contributed by atoms with Crippen molar-refractivity contribution in [2.24, 2.45) is 0 Å². The number of piperazine rings is 1. The molecule has 8 heteroatoms. The van der Waals surface area contributed by atoms with Gasteiger partial charge in [0.25, 0.3) is 11.6 Å². The highest BCUT2D eigenvalue weighted by Gasteiger charge is 2.23. The summed E-state index contributed by atoms with van der Waals surface area (Å²) in [5.74, 6) is 0.732. The third-order valence-corrected chi connectivity index (χ3v) is 5.32. The highest BCUT2D eigenvalue weighted by Crippen LogP contribution is 2.23. The van der Waals surface area contributed by atoms with Crippen LogP contribution in [0.1, 0.15) is 24.2 Å². The zero-order chi connectivity index (χ0) is 19.4. The van der Waals surface area contributed by atoms with Crippen molar-refractivity contribution >= 4 is 29.2 Å². The molecule has 27 heavy (non-hydrogen) atoms. The van der Waals surface area contributed by atoms with Crippen LogP contribution in [0.25, 0.3) is 0 Å². The van der Waals surface area contributed by atoms with Crippen molar-refractivity contribution in [1.82, 2.24) is 9.88 Å². The van der Waals surface area contributed by atoms with Crippen LogP contribution in [-0.2, 0) is 0 Å². The van der Waals surface area contributed by atoms with Crippen LogP contribution >= 0.6 is 11.8 Å². The average Bonchev–Trinajstić information content (AvgIpc) is 2.68. The van der Waals surface area contributed by atoms with E-state index in [2.05, 4.69) is 18.8 Å². The first-order valence-electron chi connectivity index (χ1n) is 8.85. The number of benzene rings is 1. The van der Waals surface area contributed by atoms with E-state index in [9.17, 15) is 14.9 Å². The number of nitrogens with zero attached hydrogens (tertiary/aromatic N) is 4. The molecule has 0 aliphatic carbocycles. The molecule has 1 aliphatic heterocycles. The number of amides is 1. The fourth-order valence-electron chi connectivity index (χ4n) is 2.94. The van der Waals surface area contributed by atoms with E-state index in [4.69, 9.17) is 0 Å². The molecular formula is C19H22N4O3S. The molecule has 0 atom stereocenters. The molecule has 0 N–H and O–H groups in total. The van der Waals surface area contributed by atoms with Crippen molar-refractivity contribution in [3.63, 3.8) is 0 Å². The molecule has 1 aliphatic rings. The normalized spacial score (nSPS) is 14.5. The van der Waals surface area contributed by atoms with E-state index in [0.717, 1.165) is 4.90 Å². The second-order valence-electron chi connectivity index (χ2n) is 6.60. The molecule has 1 aromatic heterocycles. The average molecular weight is 386 g/mol. The van der Waals surface area contributed by atoms with E-state index in [1.807, 2.05) is 34.1 Å². The Morgan fingerprint density at radius 3 is 2.30 bits per heavy atom. The fourth-order valence-corrected chi connectivity index (χ4v) is 3.78. The van der Waals surface area contributed by atoms with Crippen LogP contribution in [-0.4, -0.2) is 52.1 Å². The molecule has 1 saturated heterocycles. The van der Waals surface area contributed by atoms with Crippen molar-refractivity contribution < 1.29 is 9.72 Å². The maximum atomic E-state index is 12.7. The monoisotopic (exact) mass is 386 g/mol. The summed E-state index contributed by atoms with van der Waals surface area (Å²) in [5.41, 5.74) is 0.677. The summed E-state index contributed by atoms with van der Waals surface area (Å²) in [5, 5.41) is 11.2. The van der Waals surface area contributed by atoms with Crippen molar-refractivity contribution in [3.05, 3.63) is 58.3 Å². The lowest BCUT2D eigenvalue weighted by Gasteiger charge is -2.35. The quantitative estimate of drug-likeness (QED) is 0.445. The highest BCUT2D eigenvalue weighted by atomic mass is 32.2. The Balaban J connectivity index is 1.58. The van der Waals surface area contributed by atoms with Crippen LogP contribution in [0.5, 0.6) is 0 Å². The summed E-state index contributed by atoms with van der Waals surface area (Å²) in [4.78, 5) is 32.2. The van der Waals surface area contributed by atoms with Gasteiger partial charge in [0.05, 0.1) is 4.92 Å². The second-order valence-corrected chi connectivity index (χ2v) is 8.25. The first-order chi connectivity index (χ1) is 12.9. The Labute approximate surface area is 162 Å². The second kappa shape index (κ2) is 8.39. The number of hydrogen-bond acceptors (Lipinski definition) is 6. The zero-order valence-corrected chi connectivity index (χ0v) is 16.2. The van der Waals surface area contributed by atoms with Gasteiger partial charge in [-0.2, -0.15) is 0 Å². The van der Waals surface area contributed by atoms with E-state index in [1.165, 1.54) is 12.3 Å². The van der Waals surface area contributed by atoms with Crippen molar-refractivity contribution in [2.75, 3.05) is 31.1 Å². The third-order valence-electron chi connectivity index (χ3n) is 4.31. The van der Waals surface area contributed by atoms with Crippen LogP contribution in [0.3, 0.4) is 0 Å². The summed E-state index contributed by atoms with van der Waals surface area (Å²) >= 11 is 1.77. The van der Waals surface area contributed by atoms with Crippen LogP contribution < -0.4 is 4.90 Å². The van der Waals surface area contributed by atoms with E-state index < -0.39 is 4.92 Å². The maximum Gasteiger partial charge on any atom is 0.287 e. The minimum atomic E-state index is -0.460. The molecule has 2 aromatic rings. The van der Waals surface area contributed by atoms with Crippen LogP contribution in [0.4, 0.5) is 11.5 Å². The summed E-state index contributed by atoms with van der Waals surface area (Å²) in [7, 11) is 0. The summed E-state index contributed by atoms with van der Waals surface area (Å²) < 4.78 is 0. The van der Waals surface area contributed by atoms with E-state index in [0.29, 0.717) is 42.8 Å². The first-order valence-corrected chi connectivity index (χ1v) is 9.73. The van der Waals surface area contributed by atoms with Crippen molar-refractivity contribution in [1.29, 1.82) is 0 Å². The molecular weight excluding hydrogens is 364 g/mol. The van der Waals surface area contributed by atoms with E-state index >= 15 is 0 Å². The molecule has 1 amide bonds. The maximum absolute atomic E-state index is 12.7. The summed E-state index contributed by atoms with van der Waals surface area (Å²) in [6.45, 7) is 6.78. The Kier molecular flexibility index (Phi) is 5.95. The smallest absolute Gasteiger partial charge is 0.287 e. The van der Waals surface area contributed by atoms with E-state index in [-0.39, 0.29) is 11.6 Å². The lowest BCUT2D eigenvalue weighted by molar-refractivity contribution is -0.385. The third kappa shape index (κ3) is 4.77. The number of aromatic nitrogens is 1. The number of nitro groups is 1. The molecule has 1 aromatic carbocycles. The van der Waals surface area contributed by atoms with Crippen LogP contribution in [0.15, 0.2) is 47.5 Å². The first kappa shape index (κ1) is 19.2. The number of carbonyl (C=O) groups is 1. The Morgan fingerprint density at radius 1 is 1.11 bits per heavy atom. The molecule has 7 nitrogen and oxygen atoms in total. The predicted octanol–water partition coefficient (Wildman–Crippen LogP) is 3.45. The van der Waals surface area contributed by atoms with Gasteiger partial charge in [0.15, 0.2) is 0 Å². The van der Waals surface area contributed by atoms with Gasteiger partial charge in [-0.3, -0.25) is 14.9 Å². The van der Waals surface area contributed by atoms with Gasteiger partial charge >= 0.3 is 0 Å². The van der Waals surface area contributed by atoms with Crippen molar-refractivity contribution in [2.45, 2.75) is 24.0 Å². The number of hydrogen-bond donors (Lipinski definition) is 0. The molecule has 0 spiro atoms. The van der Waals surface area contributed by atoms with Crippen LogP contribution in [0, 0.1) is 10.1 Å². The summed E-state index contributed by atoms with van der Waals surface area (Å²) in [6, 6.07) is 10.9. The van der Waals surface area contributed by atoms with E-state index in [1.54, 1.807) is 17.8 Å². The zero-order valence-electron chi connectivity index (χ0n) is 15.4. The number of anilines is 1. The van der Waals surface area contributed by atoms with Gasteiger partial charge in [0.2, 0.25) is 0 Å². The molecule has 1 fully saturated rings. The highest BCUT2D eigenvalue weighted by molar-refractivity contribution is 7.99. The Morgan fingerprint density at radius 2 is 1.78 bits per heavy atom. The lowest BCUT2D eigenvalue weighted by Crippen LogP contribution is -2.49. The standard InChI is InChI=1S/C19H22N4O3S/c1-14(2)27-17-6-3-15(4-7-17)19(24)22-11-9-21(10-12-22)18-8-5-16(13-20-18)23(25)26/h3-8,13-14H,9-12H2,1-2H3. The Bertz CT molecular complexity index is 801. The van der Waals surface area contributed by atoms with Gasteiger partial charge in [-0.1, -0.05) is 13.8 Å². The minimum Gasteiger partial charge on any atom is -0.353 e. The van der Waals surface area contributed by atoms with Gasteiger partial charge in [-0.25, -0.2) is 4.98 Å². The molecule has 3 rings (SSSR count). The molecule has 0 unspecified atom stereocenters. The molecule has 2 heterocycles. The topological polar surface area (TPSA) is 79.6 Å². The number of thioether (sulfide) groups is 1. The lowest BCUT2D eigenvalue weighted by atomic mass is 10.2. The Hall–Kier alpha value is -2.61. The van der Waals surface area contributed by atoms with Crippen LogP contribution in [0.2, 0.25) is 0 Å². The van der Waals surface area contributed by atoms with Gasteiger partial charge in [0.1, 0.15) is 12.0 Å². The van der Waals surface area contributed by atoms with Gasteiger partial charge in [0, 0.05) is 48.0 Å². The molecule has 0 saturated carbocycles. The molecule has 0 radical (unpaired) electrons. The summed E-state index contributed by atoms with van der Waals surface area (Å²) in [6.07, 6.45) is 1.27. The van der Waals surface area contributed by atoms with Gasteiger partial charge < -0.3 is 9.80 Å². The number of carbonyl (C=O) groups excluding carboxylic acids is 1. The molecule has 0 bridgehead atoms. The van der Waals surface area contributed by atoms with Gasteiger partial charge in [-0.15, -0.1) is 11.8 Å².